The van der Waals surface area contributed by atoms with Gasteiger partial charge in [-0.1, -0.05) is 13.0 Å². The van der Waals surface area contributed by atoms with Crippen LogP contribution in [0.1, 0.15) is 25.8 Å². The third kappa shape index (κ3) is 4.45. The fraction of sp³-hybridized carbons (Fsp3) is 0.385. The Hall–Kier alpha value is -2.04. The van der Waals surface area contributed by atoms with Gasteiger partial charge in [0.1, 0.15) is 0 Å². The quantitative estimate of drug-likeness (QED) is 0.767. The molecule has 98 valence electrons. The molecule has 5 heteroatoms. The van der Waals surface area contributed by atoms with Gasteiger partial charge in [0, 0.05) is 24.8 Å². The minimum atomic E-state index is -0.236. The lowest BCUT2D eigenvalue weighted by Crippen LogP contribution is -2.29. The monoisotopic (exact) mass is 249 g/mol. The van der Waals surface area contributed by atoms with Gasteiger partial charge < -0.3 is 16.0 Å². The summed E-state index contributed by atoms with van der Waals surface area (Å²) >= 11 is 0. The Bertz CT molecular complexity index is 444. The van der Waals surface area contributed by atoms with Crippen molar-refractivity contribution in [3.05, 3.63) is 23.8 Å². The van der Waals surface area contributed by atoms with Crippen LogP contribution in [0.2, 0.25) is 0 Å². The molecule has 1 aromatic carbocycles. The number of amides is 3. The fourth-order valence-electron chi connectivity index (χ4n) is 1.44. The third-order valence-corrected chi connectivity index (χ3v) is 2.34. The molecular weight excluding hydrogens is 230 g/mol. The Morgan fingerprint density at radius 1 is 1.22 bits per heavy atom. The maximum Gasteiger partial charge on any atom is 0.319 e. The van der Waals surface area contributed by atoms with Crippen LogP contribution < -0.4 is 16.0 Å². The number of urea groups is 1. The van der Waals surface area contributed by atoms with Crippen LogP contribution in [0.25, 0.3) is 0 Å². The fourth-order valence-corrected chi connectivity index (χ4v) is 1.44. The summed E-state index contributed by atoms with van der Waals surface area (Å²) in [4.78, 5) is 22.5. The SMILES string of the molecule is CCCNC(=O)Nc1cc(NC(C)=O)ccc1C. The highest BCUT2D eigenvalue weighted by molar-refractivity contribution is 5.93. The van der Waals surface area contributed by atoms with E-state index in [1.54, 1.807) is 12.1 Å². The van der Waals surface area contributed by atoms with Crippen molar-refractivity contribution >= 4 is 23.3 Å². The van der Waals surface area contributed by atoms with Crippen molar-refractivity contribution < 1.29 is 9.59 Å². The van der Waals surface area contributed by atoms with Gasteiger partial charge in [-0.15, -0.1) is 0 Å². The van der Waals surface area contributed by atoms with E-state index < -0.39 is 0 Å². The lowest BCUT2D eigenvalue weighted by atomic mass is 10.2. The normalized spacial score (nSPS) is 9.72. The molecule has 1 aromatic rings. The molecule has 0 radical (unpaired) electrons. The van der Waals surface area contributed by atoms with E-state index in [-0.39, 0.29) is 11.9 Å². The molecule has 3 amide bonds. The average molecular weight is 249 g/mol. The number of nitrogens with one attached hydrogen (secondary N) is 3. The number of carbonyl (C=O) groups is 2. The highest BCUT2D eigenvalue weighted by atomic mass is 16.2. The zero-order valence-electron chi connectivity index (χ0n) is 11.0. The minimum absolute atomic E-state index is 0.139. The van der Waals surface area contributed by atoms with Crippen molar-refractivity contribution in [1.29, 1.82) is 0 Å². The largest absolute Gasteiger partial charge is 0.338 e. The van der Waals surface area contributed by atoms with E-state index in [2.05, 4.69) is 16.0 Å². The van der Waals surface area contributed by atoms with Gasteiger partial charge in [0.25, 0.3) is 0 Å². The molecule has 1 rings (SSSR count). The molecule has 0 aromatic heterocycles. The zero-order chi connectivity index (χ0) is 13.5. The number of hydrogen-bond donors (Lipinski definition) is 3. The molecule has 0 saturated heterocycles. The number of anilines is 2. The Kier molecular flexibility index (Phi) is 5.17. The Labute approximate surface area is 107 Å². The summed E-state index contributed by atoms with van der Waals surface area (Å²) in [5, 5.41) is 8.17. The molecule has 0 aliphatic carbocycles. The first-order chi connectivity index (χ1) is 8.52. The highest BCUT2D eigenvalue weighted by Gasteiger charge is 2.05. The molecule has 0 unspecified atom stereocenters. The molecule has 3 N–H and O–H groups in total. The predicted molar refractivity (Wildman–Crippen MR) is 72.8 cm³/mol. The number of aryl methyl sites for hydroxylation is 1. The second-order valence-electron chi connectivity index (χ2n) is 4.09. The van der Waals surface area contributed by atoms with Gasteiger partial charge >= 0.3 is 6.03 Å². The first kappa shape index (κ1) is 14.0. The van der Waals surface area contributed by atoms with Crippen molar-refractivity contribution in [2.24, 2.45) is 0 Å². The smallest absolute Gasteiger partial charge is 0.319 e. The lowest BCUT2D eigenvalue weighted by molar-refractivity contribution is -0.114. The van der Waals surface area contributed by atoms with Gasteiger partial charge in [0.15, 0.2) is 0 Å². The highest BCUT2D eigenvalue weighted by Crippen LogP contribution is 2.20. The van der Waals surface area contributed by atoms with Crippen LogP contribution >= 0.6 is 0 Å². The lowest BCUT2D eigenvalue weighted by Gasteiger charge is -2.11. The van der Waals surface area contributed by atoms with E-state index in [4.69, 9.17) is 0 Å². The predicted octanol–water partition coefficient (Wildman–Crippen LogP) is 2.48. The van der Waals surface area contributed by atoms with E-state index in [0.29, 0.717) is 17.9 Å². The number of carbonyl (C=O) groups excluding carboxylic acids is 2. The standard InChI is InChI=1S/C13H19N3O2/c1-4-7-14-13(18)16-12-8-11(15-10(3)17)6-5-9(12)2/h5-6,8H,4,7H2,1-3H3,(H,15,17)(H2,14,16,18). The molecule has 5 nitrogen and oxygen atoms in total. The molecule has 18 heavy (non-hydrogen) atoms. The Morgan fingerprint density at radius 3 is 2.56 bits per heavy atom. The second kappa shape index (κ2) is 6.64. The van der Waals surface area contributed by atoms with Crippen LogP contribution in [0.15, 0.2) is 18.2 Å². The molecule has 0 spiro atoms. The summed E-state index contributed by atoms with van der Waals surface area (Å²) in [5.74, 6) is -0.139. The first-order valence-corrected chi connectivity index (χ1v) is 5.96. The number of hydrogen-bond acceptors (Lipinski definition) is 2. The van der Waals surface area contributed by atoms with Gasteiger partial charge in [-0.25, -0.2) is 4.79 Å². The number of rotatable bonds is 4. The zero-order valence-corrected chi connectivity index (χ0v) is 11.0. The molecule has 0 bridgehead atoms. The Morgan fingerprint density at radius 2 is 1.94 bits per heavy atom. The maximum atomic E-state index is 11.5. The van der Waals surface area contributed by atoms with Crippen LogP contribution in [0.3, 0.4) is 0 Å². The van der Waals surface area contributed by atoms with Crippen LogP contribution in [0.4, 0.5) is 16.2 Å². The molecule has 0 fully saturated rings. The summed E-state index contributed by atoms with van der Waals surface area (Å²) in [6.45, 7) is 5.97. The average Bonchev–Trinajstić information content (AvgIpc) is 2.30. The topological polar surface area (TPSA) is 70.2 Å². The summed E-state index contributed by atoms with van der Waals surface area (Å²) in [7, 11) is 0. The van der Waals surface area contributed by atoms with Gasteiger partial charge in [-0.2, -0.15) is 0 Å². The van der Waals surface area contributed by atoms with Crippen molar-refractivity contribution in [3.63, 3.8) is 0 Å². The third-order valence-electron chi connectivity index (χ3n) is 2.34. The molecule has 0 saturated carbocycles. The van der Waals surface area contributed by atoms with Crippen LogP contribution in [-0.4, -0.2) is 18.5 Å². The molecule has 0 atom stereocenters. The van der Waals surface area contributed by atoms with Gasteiger partial charge in [-0.05, 0) is 31.0 Å². The number of benzene rings is 1. The van der Waals surface area contributed by atoms with E-state index in [1.807, 2.05) is 19.9 Å². The van der Waals surface area contributed by atoms with Gasteiger partial charge in [0.2, 0.25) is 5.91 Å². The molecule has 0 aliphatic rings. The van der Waals surface area contributed by atoms with Crippen LogP contribution in [0, 0.1) is 6.92 Å². The Balaban J connectivity index is 2.74. The van der Waals surface area contributed by atoms with Crippen LogP contribution in [-0.2, 0) is 4.79 Å². The minimum Gasteiger partial charge on any atom is -0.338 e. The second-order valence-corrected chi connectivity index (χ2v) is 4.09. The summed E-state index contributed by atoms with van der Waals surface area (Å²) in [5.41, 5.74) is 2.30. The summed E-state index contributed by atoms with van der Waals surface area (Å²) in [6, 6.07) is 5.15. The van der Waals surface area contributed by atoms with Gasteiger partial charge in [0.05, 0.1) is 0 Å². The van der Waals surface area contributed by atoms with Crippen molar-refractivity contribution in [1.82, 2.24) is 5.32 Å². The molecule has 0 aliphatic heterocycles. The van der Waals surface area contributed by atoms with Crippen molar-refractivity contribution in [3.8, 4) is 0 Å². The first-order valence-electron chi connectivity index (χ1n) is 5.96. The molecular formula is C13H19N3O2. The maximum absolute atomic E-state index is 11.5. The summed E-state index contributed by atoms with van der Waals surface area (Å²) in [6.07, 6.45) is 0.887. The molecule has 0 heterocycles. The summed E-state index contributed by atoms with van der Waals surface area (Å²) < 4.78 is 0. The van der Waals surface area contributed by atoms with Crippen molar-refractivity contribution in [2.75, 3.05) is 17.2 Å². The van der Waals surface area contributed by atoms with E-state index in [0.717, 1.165) is 12.0 Å². The van der Waals surface area contributed by atoms with E-state index >= 15 is 0 Å². The van der Waals surface area contributed by atoms with Gasteiger partial charge in [-0.3, -0.25) is 4.79 Å². The van der Waals surface area contributed by atoms with E-state index in [9.17, 15) is 9.59 Å². The van der Waals surface area contributed by atoms with Crippen LogP contribution in [0.5, 0.6) is 0 Å². The van der Waals surface area contributed by atoms with E-state index in [1.165, 1.54) is 6.92 Å². The van der Waals surface area contributed by atoms with Crippen molar-refractivity contribution in [2.45, 2.75) is 27.2 Å².